The van der Waals surface area contributed by atoms with Crippen LogP contribution >= 0.6 is 15.9 Å². The summed E-state index contributed by atoms with van der Waals surface area (Å²) in [6.45, 7) is 0.208. The van der Waals surface area contributed by atoms with E-state index >= 15 is 0 Å². The molecule has 0 aliphatic carbocycles. The van der Waals surface area contributed by atoms with E-state index < -0.39 is 10.0 Å². The summed E-state index contributed by atoms with van der Waals surface area (Å²) in [5.74, 6) is -0.0346. The molecular weight excluding hydrogens is 328 g/mol. The first-order valence-electron chi connectivity index (χ1n) is 5.67. The van der Waals surface area contributed by atoms with Gasteiger partial charge in [0.1, 0.15) is 0 Å². The van der Waals surface area contributed by atoms with E-state index in [-0.39, 0.29) is 12.3 Å². The monoisotopic (exact) mass is 340 g/mol. The predicted molar refractivity (Wildman–Crippen MR) is 77.8 cm³/mol. The van der Waals surface area contributed by atoms with E-state index in [1.54, 1.807) is 30.5 Å². The molecule has 2 aromatic rings. The first kappa shape index (κ1) is 14.2. The minimum absolute atomic E-state index is 0.0346. The van der Waals surface area contributed by atoms with Gasteiger partial charge in [-0.25, -0.2) is 13.1 Å². The summed E-state index contributed by atoms with van der Waals surface area (Å²) in [6.07, 6.45) is 1.64. The Morgan fingerprint density at radius 1 is 1.11 bits per heavy atom. The lowest BCUT2D eigenvalue weighted by Crippen LogP contribution is -2.25. The summed E-state index contributed by atoms with van der Waals surface area (Å²) in [7, 11) is -3.35. The molecule has 100 valence electrons. The SMILES string of the molecule is O=S(=O)(Cc1ccc(Br)cc1)NCc1ccccn1. The molecule has 4 nitrogen and oxygen atoms in total. The number of rotatable bonds is 5. The topological polar surface area (TPSA) is 59.1 Å². The molecule has 2 rings (SSSR count). The maximum absolute atomic E-state index is 11.9. The van der Waals surface area contributed by atoms with Crippen molar-refractivity contribution in [3.63, 3.8) is 0 Å². The number of aromatic nitrogens is 1. The van der Waals surface area contributed by atoms with Gasteiger partial charge in [-0.05, 0) is 29.8 Å². The molecule has 0 radical (unpaired) electrons. The molecule has 0 spiro atoms. The normalized spacial score (nSPS) is 11.4. The van der Waals surface area contributed by atoms with Gasteiger partial charge in [-0.1, -0.05) is 34.1 Å². The molecule has 0 amide bonds. The van der Waals surface area contributed by atoms with Gasteiger partial charge in [0.2, 0.25) is 10.0 Å². The maximum atomic E-state index is 11.9. The summed E-state index contributed by atoms with van der Waals surface area (Å²) in [5.41, 5.74) is 1.44. The Hall–Kier alpha value is -1.24. The molecule has 0 fully saturated rings. The molecule has 1 aromatic carbocycles. The van der Waals surface area contributed by atoms with E-state index in [9.17, 15) is 8.42 Å². The van der Waals surface area contributed by atoms with Gasteiger partial charge >= 0.3 is 0 Å². The number of pyridine rings is 1. The van der Waals surface area contributed by atoms with Gasteiger partial charge in [-0.2, -0.15) is 0 Å². The Balaban J connectivity index is 1.97. The van der Waals surface area contributed by atoms with Gasteiger partial charge in [0, 0.05) is 10.7 Å². The van der Waals surface area contributed by atoms with Crippen LogP contribution in [0.2, 0.25) is 0 Å². The van der Waals surface area contributed by atoms with Crippen LogP contribution in [0.5, 0.6) is 0 Å². The molecule has 0 aliphatic rings. The van der Waals surface area contributed by atoms with E-state index in [0.717, 1.165) is 10.0 Å². The zero-order chi connectivity index (χ0) is 13.7. The number of hydrogen-bond donors (Lipinski definition) is 1. The number of hydrogen-bond acceptors (Lipinski definition) is 3. The molecule has 0 bridgehead atoms. The fraction of sp³-hybridized carbons (Fsp3) is 0.154. The molecule has 1 heterocycles. The van der Waals surface area contributed by atoms with Crippen LogP contribution < -0.4 is 4.72 Å². The molecule has 6 heteroatoms. The third-order valence-corrected chi connectivity index (χ3v) is 4.30. The van der Waals surface area contributed by atoms with E-state index in [1.165, 1.54) is 0 Å². The highest BCUT2D eigenvalue weighted by Gasteiger charge is 2.11. The molecule has 0 aliphatic heterocycles. The van der Waals surface area contributed by atoms with Crippen LogP contribution in [-0.2, 0) is 22.3 Å². The molecule has 1 N–H and O–H groups in total. The summed E-state index contributed by atoms with van der Waals surface area (Å²) in [4.78, 5) is 4.07. The van der Waals surface area contributed by atoms with E-state index in [2.05, 4.69) is 25.6 Å². The number of halogens is 1. The second kappa shape index (κ2) is 6.27. The average molecular weight is 341 g/mol. The summed E-state index contributed by atoms with van der Waals surface area (Å²) in [5, 5.41) is 0. The summed E-state index contributed by atoms with van der Waals surface area (Å²) >= 11 is 3.31. The van der Waals surface area contributed by atoms with Crippen molar-refractivity contribution in [3.8, 4) is 0 Å². The van der Waals surface area contributed by atoms with Gasteiger partial charge in [-0.3, -0.25) is 4.98 Å². The van der Waals surface area contributed by atoms with Crippen LogP contribution in [0, 0.1) is 0 Å². The van der Waals surface area contributed by atoms with E-state index in [1.807, 2.05) is 18.2 Å². The Morgan fingerprint density at radius 3 is 2.47 bits per heavy atom. The van der Waals surface area contributed by atoms with Crippen LogP contribution in [0.15, 0.2) is 53.1 Å². The van der Waals surface area contributed by atoms with Gasteiger partial charge in [0.15, 0.2) is 0 Å². The predicted octanol–water partition coefficient (Wildman–Crippen LogP) is 2.46. The lowest BCUT2D eigenvalue weighted by atomic mass is 10.2. The first-order chi connectivity index (χ1) is 9.05. The zero-order valence-corrected chi connectivity index (χ0v) is 12.5. The number of sulfonamides is 1. The van der Waals surface area contributed by atoms with Crippen LogP contribution in [-0.4, -0.2) is 13.4 Å². The van der Waals surface area contributed by atoms with Crippen molar-refractivity contribution in [1.29, 1.82) is 0 Å². The lowest BCUT2D eigenvalue weighted by molar-refractivity contribution is 0.579. The highest BCUT2D eigenvalue weighted by atomic mass is 79.9. The Morgan fingerprint density at radius 2 is 1.84 bits per heavy atom. The third-order valence-electron chi connectivity index (χ3n) is 2.47. The lowest BCUT2D eigenvalue weighted by Gasteiger charge is -2.06. The largest absolute Gasteiger partial charge is 0.260 e. The standard InChI is InChI=1S/C13H13BrN2O2S/c14-12-6-4-11(5-7-12)10-19(17,18)16-9-13-3-1-2-8-15-13/h1-8,16H,9-10H2. The summed E-state index contributed by atoms with van der Waals surface area (Å²) in [6, 6.07) is 12.6. The van der Waals surface area contributed by atoms with Crippen molar-refractivity contribution in [2.24, 2.45) is 0 Å². The minimum atomic E-state index is -3.35. The van der Waals surface area contributed by atoms with Crippen molar-refractivity contribution >= 4 is 26.0 Å². The van der Waals surface area contributed by atoms with Crippen molar-refractivity contribution in [3.05, 3.63) is 64.4 Å². The second-order valence-corrected chi connectivity index (χ2v) is 6.75. The second-order valence-electron chi connectivity index (χ2n) is 4.03. The average Bonchev–Trinajstić information content (AvgIpc) is 2.40. The van der Waals surface area contributed by atoms with E-state index in [4.69, 9.17) is 0 Å². The van der Waals surface area contributed by atoms with Crippen molar-refractivity contribution in [1.82, 2.24) is 9.71 Å². The fourth-order valence-corrected chi connectivity index (χ4v) is 2.90. The van der Waals surface area contributed by atoms with Gasteiger partial charge < -0.3 is 0 Å². The molecule has 0 saturated heterocycles. The molecule has 0 atom stereocenters. The van der Waals surface area contributed by atoms with Crippen molar-refractivity contribution < 1.29 is 8.42 Å². The summed E-state index contributed by atoms with van der Waals surface area (Å²) < 4.78 is 27.3. The fourth-order valence-electron chi connectivity index (χ4n) is 1.54. The van der Waals surface area contributed by atoms with E-state index in [0.29, 0.717) is 5.69 Å². The smallest absolute Gasteiger partial charge is 0.216 e. The number of nitrogens with zero attached hydrogens (tertiary/aromatic N) is 1. The Kier molecular flexibility index (Phi) is 4.68. The van der Waals surface area contributed by atoms with Gasteiger partial charge in [0.05, 0.1) is 18.0 Å². The minimum Gasteiger partial charge on any atom is -0.260 e. The van der Waals surface area contributed by atoms with Gasteiger partial charge in [0.25, 0.3) is 0 Å². The van der Waals surface area contributed by atoms with Gasteiger partial charge in [-0.15, -0.1) is 0 Å². The quantitative estimate of drug-likeness (QED) is 0.909. The first-order valence-corrected chi connectivity index (χ1v) is 8.11. The third kappa shape index (κ3) is 4.74. The van der Waals surface area contributed by atoms with Crippen molar-refractivity contribution in [2.45, 2.75) is 12.3 Å². The molecule has 1 aromatic heterocycles. The van der Waals surface area contributed by atoms with Crippen molar-refractivity contribution in [2.75, 3.05) is 0 Å². The highest BCUT2D eigenvalue weighted by Crippen LogP contribution is 2.12. The molecule has 19 heavy (non-hydrogen) atoms. The number of nitrogens with one attached hydrogen (secondary N) is 1. The Labute approximate surface area is 121 Å². The molecule has 0 unspecified atom stereocenters. The van der Waals surface area contributed by atoms with Crippen LogP contribution in [0.25, 0.3) is 0 Å². The number of benzene rings is 1. The van der Waals surface area contributed by atoms with Crippen LogP contribution in [0.1, 0.15) is 11.3 Å². The molecule has 0 saturated carbocycles. The van der Waals surface area contributed by atoms with Crippen LogP contribution in [0.3, 0.4) is 0 Å². The zero-order valence-electron chi connectivity index (χ0n) is 10.1. The Bertz CT molecular complexity index is 627. The maximum Gasteiger partial charge on any atom is 0.216 e. The van der Waals surface area contributed by atoms with Crippen LogP contribution in [0.4, 0.5) is 0 Å². The molecular formula is C13H13BrN2O2S. The highest BCUT2D eigenvalue weighted by molar-refractivity contribution is 9.10.